The molecule has 158 valence electrons. The minimum Gasteiger partial charge on any atom is -0.497 e. The smallest absolute Gasteiger partial charge is 0.118 e. The van der Waals surface area contributed by atoms with E-state index in [9.17, 15) is 5.26 Å². The maximum absolute atomic E-state index is 10.6. The molecule has 3 heteroatoms. The lowest BCUT2D eigenvalue weighted by atomic mass is 9.64. The minimum absolute atomic E-state index is 0.256. The minimum atomic E-state index is -0.624. The van der Waals surface area contributed by atoms with Crippen molar-refractivity contribution < 1.29 is 4.74 Å². The summed E-state index contributed by atoms with van der Waals surface area (Å²) in [5.41, 5.74) is 2.90. The molecule has 0 aliphatic carbocycles. The summed E-state index contributed by atoms with van der Waals surface area (Å²) in [6, 6.07) is 31.9. The van der Waals surface area contributed by atoms with Crippen LogP contribution in [-0.4, -0.2) is 31.6 Å². The van der Waals surface area contributed by atoms with E-state index in [0.717, 1.165) is 55.8 Å². The third kappa shape index (κ3) is 4.50. The third-order valence-corrected chi connectivity index (χ3v) is 6.63. The van der Waals surface area contributed by atoms with Gasteiger partial charge in [0.1, 0.15) is 11.2 Å². The summed E-state index contributed by atoms with van der Waals surface area (Å²) in [5, 5.41) is 10.6. The second kappa shape index (κ2) is 9.81. The number of benzene rings is 3. The van der Waals surface area contributed by atoms with E-state index in [-0.39, 0.29) is 5.92 Å². The number of nitrogens with zero attached hydrogens (tertiary/aromatic N) is 2. The van der Waals surface area contributed by atoms with Gasteiger partial charge in [0, 0.05) is 13.1 Å². The molecule has 1 heterocycles. The molecule has 1 aliphatic rings. The fourth-order valence-corrected chi connectivity index (χ4v) is 4.95. The largest absolute Gasteiger partial charge is 0.497 e. The Morgan fingerprint density at radius 2 is 1.55 bits per heavy atom. The van der Waals surface area contributed by atoms with Crippen LogP contribution in [0.4, 0.5) is 0 Å². The van der Waals surface area contributed by atoms with Crippen LogP contribution < -0.4 is 4.74 Å². The third-order valence-electron chi connectivity index (χ3n) is 6.63. The number of hydrogen-bond donors (Lipinski definition) is 0. The fourth-order valence-electron chi connectivity index (χ4n) is 4.95. The van der Waals surface area contributed by atoms with Gasteiger partial charge < -0.3 is 9.64 Å². The predicted octanol–water partition coefficient (Wildman–Crippen LogP) is 5.46. The summed E-state index contributed by atoms with van der Waals surface area (Å²) in [6.07, 6.45) is 3.19. The first kappa shape index (κ1) is 21.2. The SMILES string of the molecule is COc1ccc(CCN2CCC[C@H](C(C#N)(c3ccccc3)c3ccccc3)C2)cc1. The van der Waals surface area contributed by atoms with Gasteiger partial charge in [0.25, 0.3) is 0 Å². The lowest BCUT2D eigenvalue weighted by molar-refractivity contribution is 0.148. The first-order chi connectivity index (χ1) is 15.3. The Morgan fingerprint density at radius 1 is 0.935 bits per heavy atom. The number of likely N-dealkylation sites (tertiary alicyclic amines) is 1. The molecule has 1 fully saturated rings. The fraction of sp³-hybridized carbons (Fsp3) is 0.321. The zero-order valence-electron chi connectivity index (χ0n) is 18.2. The van der Waals surface area contributed by atoms with Crippen molar-refractivity contribution in [3.8, 4) is 11.8 Å². The first-order valence-electron chi connectivity index (χ1n) is 11.1. The van der Waals surface area contributed by atoms with E-state index in [4.69, 9.17) is 4.74 Å². The highest BCUT2D eigenvalue weighted by Crippen LogP contribution is 2.42. The zero-order chi connectivity index (χ0) is 21.5. The first-order valence-corrected chi connectivity index (χ1v) is 11.1. The van der Waals surface area contributed by atoms with Crippen molar-refractivity contribution in [3.63, 3.8) is 0 Å². The maximum Gasteiger partial charge on any atom is 0.118 e. The Hall–Kier alpha value is -3.09. The van der Waals surface area contributed by atoms with Gasteiger partial charge in [0.15, 0.2) is 0 Å². The molecule has 31 heavy (non-hydrogen) atoms. The second-order valence-electron chi connectivity index (χ2n) is 8.39. The highest BCUT2D eigenvalue weighted by molar-refractivity contribution is 5.47. The molecule has 1 aliphatic heterocycles. The summed E-state index contributed by atoms with van der Waals surface area (Å²) in [4.78, 5) is 2.54. The molecule has 0 N–H and O–H groups in total. The van der Waals surface area contributed by atoms with Gasteiger partial charge in [-0.3, -0.25) is 0 Å². The van der Waals surface area contributed by atoms with Gasteiger partial charge in [-0.15, -0.1) is 0 Å². The van der Waals surface area contributed by atoms with Crippen molar-refractivity contribution in [3.05, 3.63) is 102 Å². The van der Waals surface area contributed by atoms with Crippen LogP contribution in [0.25, 0.3) is 0 Å². The van der Waals surface area contributed by atoms with E-state index < -0.39 is 5.41 Å². The molecule has 0 unspecified atom stereocenters. The van der Waals surface area contributed by atoms with Crippen molar-refractivity contribution in [2.75, 3.05) is 26.7 Å². The molecular formula is C28H30N2O. The quantitative estimate of drug-likeness (QED) is 0.519. The van der Waals surface area contributed by atoms with Gasteiger partial charge in [0.05, 0.1) is 13.2 Å². The van der Waals surface area contributed by atoms with E-state index in [1.807, 2.05) is 24.3 Å². The van der Waals surface area contributed by atoms with Gasteiger partial charge >= 0.3 is 0 Å². The molecule has 0 bridgehead atoms. The van der Waals surface area contributed by atoms with Crippen LogP contribution in [0, 0.1) is 17.2 Å². The second-order valence-corrected chi connectivity index (χ2v) is 8.39. The molecule has 4 rings (SSSR count). The Balaban J connectivity index is 1.56. The molecule has 0 saturated carbocycles. The van der Waals surface area contributed by atoms with Crippen molar-refractivity contribution >= 4 is 0 Å². The van der Waals surface area contributed by atoms with E-state index in [1.165, 1.54) is 5.56 Å². The summed E-state index contributed by atoms with van der Waals surface area (Å²) in [7, 11) is 1.70. The number of rotatable bonds is 7. The standard InChI is InChI=1S/C28H30N2O/c1-31-27-16-14-23(15-17-27)18-20-30-19-8-13-26(21-30)28(22-29,24-9-4-2-5-10-24)25-11-6-3-7-12-25/h2-7,9-12,14-17,26H,8,13,18-21H2,1H3/t26-/m0/s1. The lowest BCUT2D eigenvalue weighted by Gasteiger charge is -2.42. The number of ether oxygens (including phenoxy) is 1. The Bertz CT molecular complexity index is 953. The van der Waals surface area contributed by atoms with Crippen LogP contribution in [0.5, 0.6) is 5.75 Å². The predicted molar refractivity (Wildman–Crippen MR) is 125 cm³/mol. The molecular weight excluding hydrogens is 380 g/mol. The van der Waals surface area contributed by atoms with E-state index >= 15 is 0 Å². The van der Waals surface area contributed by atoms with Crippen LogP contribution in [0.2, 0.25) is 0 Å². The normalized spacial score (nSPS) is 17.1. The average molecular weight is 411 g/mol. The van der Waals surface area contributed by atoms with Gasteiger partial charge in [-0.2, -0.15) is 5.26 Å². The van der Waals surface area contributed by atoms with E-state index in [2.05, 4.69) is 71.6 Å². The number of hydrogen-bond acceptors (Lipinski definition) is 3. The molecule has 0 amide bonds. The van der Waals surface area contributed by atoms with E-state index in [1.54, 1.807) is 7.11 Å². The number of methoxy groups -OCH3 is 1. The average Bonchev–Trinajstić information content (AvgIpc) is 2.85. The number of piperidine rings is 1. The number of nitriles is 1. The van der Waals surface area contributed by atoms with Crippen LogP contribution in [0.15, 0.2) is 84.9 Å². The Kier molecular flexibility index (Phi) is 6.70. The van der Waals surface area contributed by atoms with E-state index in [0.29, 0.717) is 0 Å². The maximum atomic E-state index is 10.6. The summed E-state index contributed by atoms with van der Waals surface area (Å²) in [6.45, 7) is 3.04. The monoisotopic (exact) mass is 410 g/mol. The molecule has 0 spiro atoms. The van der Waals surface area contributed by atoms with Gasteiger partial charge in [0.2, 0.25) is 0 Å². The van der Waals surface area contributed by atoms with Crippen LogP contribution in [0.3, 0.4) is 0 Å². The topological polar surface area (TPSA) is 36.3 Å². The molecule has 3 aromatic rings. The van der Waals surface area contributed by atoms with Crippen molar-refractivity contribution in [1.82, 2.24) is 4.90 Å². The molecule has 1 atom stereocenters. The van der Waals surface area contributed by atoms with Crippen molar-refractivity contribution in [2.24, 2.45) is 5.92 Å². The van der Waals surface area contributed by atoms with Crippen LogP contribution >= 0.6 is 0 Å². The van der Waals surface area contributed by atoms with Gasteiger partial charge in [-0.05, 0) is 60.5 Å². The van der Waals surface area contributed by atoms with Gasteiger partial charge in [-0.25, -0.2) is 0 Å². The van der Waals surface area contributed by atoms with Crippen molar-refractivity contribution in [2.45, 2.75) is 24.7 Å². The highest BCUT2D eigenvalue weighted by Gasteiger charge is 2.44. The molecule has 3 nitrogen and oxygen atoms in total. The summed E-state index contributed by atoms with van der Waals surface area (Å²) < 4.78 is 5.27. The lowest BCUT2D eigenvalue weighted by Crippen LogP contribution is -2.46. The van der Waals surface area contributed by atoms with Crippen LogP contribution in [0.1, 0.15) is 29.5 Å². The molecule has 0 aromatic heterocycles. The Morgan fingerprint density at radius 3 is 2.10 bits per heavy atom. The van der Waals surface area contributed by atoms with Crippen molar-refractivity contribution in [1.29, 1.82) is 5.26 Å². The Labute approximate surface area is 185 Å². The zero-order valence-corrected chi connectivity index (χ0v) is 18.2. The molecule has 1 saturated heterocycles. The van der Waals surface area contributed by atoms with Gasteiger partial charge in [-0.1, -0.05) is 72.8 Å². The molecule has 0 radical (unpaired) electrons. The van der Waals surface area contributed by atoms with Crippen LogP contribution in [-0.2, 0) is 11.8 Å². The molecule has 3 aromatic carbocycles. The highest BCUT2D eigenvalue weighted by atomic mass is 16.5. The summed E-state index contributed by atoms with van der Waals surface area (Å²) in [5.74, 6) is 1.15. The summed E-state index contributed by atoms with van der Waals surface area (Å²) >= 11 is 0.